The number of carbonyl (C=O) groups is 1. The fourth-order valence-electron chi connectivity index (χ4n) is 2.72. The summed E-state index contributed by atoms with van der Waals surface area (Å²) in [4.78, 5) is 14.4. The van der Waals surface area contributed by atoms with Gasteiger partial charge in [0, 0.05) is 42.0 Å². The maximum atomic E-state index is 12.1. The summed E-state index contributed by atoms with van der Waals surface area (Å²) in [5, 5.41) is 3.21. The van der Waals surface area contributed by atoms with Crippen LogP contribution in [0.5, 0.6) is 11.5 Å². The first-order valence-corrected chi connectivity index (χ1v) is 9.26. The zero-order valence-electron chi connectivity index (χ0n) is 15.2. The van der Waals surface area contributed by atoms with Gasteiger partial charge < -0.3 is 14.2 Å². The molecule has 0 aliphatic carbocycles. The monoisotopic (exact) mass is 390 g/mol. The first-order valence-electron chi connectivity index (χ1n) is 8.89. The molecule has 1 heterocycles. The Hall–Kier alpha value is -2.28. The van der Waals surface area contributed by atoms with E-state index < -0.39 is 6.09 Å². The highest BCUT2D eigenvalue weighted by Crippen LogP contribution is 2.30. The molecule has 27 heavy (non-hydrogen) atoms. The lowest BCUT2D eigenvalue weighted by atomic mass is 10.2. The molecule has 0 saturated carbocycles. The van der Waals surface area contributed by atoms with E-state index in [9.17, 15) is 4.79 Å². The minimum Gasteiger partial charge on any atom is -0.492 e. The molecule has 2 aromatic rings. The van der Waals surface area contributed by atoms with E-state index >= 15 is 0 Å². The van der Waals surface area contributed by atoms with Crippen LogP contribution in [-0.4, -0.2) is 50.4 Å². The van der Waals surface area contributed by atoms with Gasteiger partial charge in [0.1, 0.15) is 18.1 Å². The molecule has 1 saturated heterocycles. The SMILES string of the molecule is Cc1c(Cl)cc(NC(=O)Oc2ccccc2)cc1OCCN1CCOCC1. The maximum absolute atomic E-state index is 12.1. The van der Waals surface area contributed by atoms with Crippen molar-refractivity contribution in [3.8, 4) is 11.5 Å². The molecule has 6 nitrogen and oxygen atoms in total. The summed E-state index contributed by atoms with van der Waals surface area (Å²) in [6.07, 6.45) is -0.583. The van der Waals surface area contributed by atoms with Crippen molar-refractivity contribution >= 4 is 23.4 Å². The number of hydrogen-bond acceptors (Lipinski definition) is 5. The van der Waals surface area contributed by atoms with Crippen molar-refractivity contribution in [1.82, 2.24) is 4.90 Å². The number of rotatable bonds is 6. The van der Waals surface area contributed by atoms with Gasteiger partial charge in [0.15, 0.2) is 0 Å². The molecule has 1 aliphatic rings. The summed E-state index contributed by atoms with van der Waals surface area (Å²) in [7, 11) is 0. The number of morpholine rings is 1. The van der Waals surface area contributed by atoms with Crippen molar-refractivity contribution in [2.24, 2.45) is 0 Å². The summed E-state index contributed by atoms with van der Waals surface area (Å²) in [6.45, 7) is 6.58. The van der Waals surface area contributed by atoms with E-state index in [1.54, 1.807) is 36.4 Å². The van der Waals surface area contributed by atoms with Crippen molar-refractivity contribution in [3.05, 3.63) is 53.1 Å². The molecular weight excluding hydrogens is 368 g/mol. The third-order valence-corrected chi connectivity index (χ3v) is 4.66. The van der Waals surface area contributed by atoms with Crippen LogP contribution in [-0.2, 0) is 4.74 Å². The number of anilines is 1. The molecule has 1 aliphatic heterocycles. The van der Waals surface area contributed by atoms with Gasteiger partial charge in [-0.25, -0.2) is 4.79 Å². The molecule has 3 rings (SSSR count). The lowest BCUT2D eigenvalue weighted by molar-refractivity contribution is 0.0322. The van der Waals surface area contributed by atoms with Crippen LogP contribution in [0.3, 0.4) is 0 Å². The lowest BCUT2D eigenvalue weighted by Crippen LogP contribution is -2.38. The summed E-state index contributed by atoms with van der Waals surface area (Å²) >= 11 is 6.29. The Bertz CT molecular complexity index is 764. The van der Waals surface area contributed by atoms with Crippen LogP contribution >= 0.6 is 11.6 Å². The topological polar surface area (TPSA) is 60.0 Å². The summed E-state index contributed by atoms with van der Waals surface area (Å²) in [5.74, 6) is 1.11. The minimum atomic E-state index is -0.583. The first-order chi connectivity index (χ1) is 13.1. The molecular formula is C20H23ClN2O4. The normalized spacial score (nSPS) is 14.6. The standard InChI is InChI=1S/C20H23ClN2O4/c1-15-18(21)13-16(22-20(24)27-17-5-3-2-4-6-17)14-19(15)26-12-9-23-7-10-25-11-8-23/h2-6,13-14H,7-12H2,1H3,(H,22,24). The molecule has 0 aromatic heterocycles. The van der Waals surface area contributed by atoms with Gasteiger partial charge in [-0.1, -0.05) is 29.8 Å². The number of carbonyl (C=O) groups excluding carboxylic acids is 1. The molecule has 0 radical (unpaired) electrons. The third kappa shape index (κ3) is 5.85. The van der Waals surface area contributed by atoms with E-state index in [1.807, 2.05) is 13.0 Å². The van der Waals surface area contributed by atoms with Crippen LogP contribution in [0.2, 0.25) is 5.02 Å². The van der Waals surface area contributed by atoms with E-state index in [0.29, 0.717) is 28.8 Å². The Balaban J connectivity index is 1.58. The van der Waals surface area contributed by atoms with Gasteiger partial charge in [-0.05, 0) is 25.1 Å². The molecule has 2 aromatic carbocycles. The number of nitrogens with one attached hydrogen (secondary N) is 1. The molecule has 1 N–H and O–H groups in total. The molecule has 1 fully saturated rings. The van der Waals surface area contributed by atoms with E-state index in [-0.39, 0.29) is 0 Å². The number of benzene rings is 2. The van der Waals surface area contributed by atoms with E-state index in [2.05, 4.69) is 10.2 Å². The Morgan fingerprint density at radius 3 is 2.70 bits per heavy atom. The number of para-hydroxylation sites is 1. The average Bonchev–Trinajstić information content (AvgIpc) is 2.67. The van der Waals surface area contributed by atoms with Gasteiger partial charge in [-0.15, -0.1) is 0 Å². The second kappa shape index (κ2) is 9.60. The van der Waals surface area contributed by atoms with E-state index in [1.165, 1.54) is 0 Å². The number of nitrogens with zero attached hydrogens (tertiary/aromatic N) is 1. The smallest absolute Gasteiger partial charge is 0.417 e. The number of halogens is 1. The molecule has 0 atom stereocenters. The first kappa shape index (κ1) is 19.5. The predicted octanol–water partition coefficient (Wildman–Crippen LogP) is 3.97. The van der Waals surface area contributed by atoms with Gasteiger partial charge in [-0.3, -0.25) is 10.2 Å². The summed E-state index contributed by atoms with van der Waals surface area (Å²) in [6, 6.07) is 12.3. The average molecular weight is 391 g/mol. The molecule has 0 spiro atoms. The summed E-state index contributed by atoms with van der Waals surface area (Å²) in [5.41, 5.74) is 1.36. The highest BCUT2D eigenvalue weighted by molar-refractivity contribution is 6.31. The fourth-order valence-corrected chi connectivity index (χ4v) is 2.93. The Morgan fingerprint density at radius 1 is 1.22 bits per heavy atom. The molecule has 7 heteroatoms. The molecule has 1 amide bonds. The highest BCUT2D eigenvalue weighted by atomic mass is 35.5. The van der Waals surface area contributed by atoms with Crippen molar-refractivity contribution in [2.45, 2.75) is 6.92 Å². The number of amides is 1. The van der Waals surface area contributed by atoms with E-state index in [0.717, 1.165) is 38.4 Å². The fraction of sp³-hybridized carbons (Fsp3) is 0.350. The van der Waals surface area contributed by atoms with Crippen LogP contribution in [0, 0.1) is 6.92 Å². The summed E-state index contributed by atoms with van der Waals surface area (Å²) < 4.78 is 16.5. The van der Waals surface area contributed by atoms with Crippen molar-refractivity contribution in [2.75, 3.05) is 44.8 Å². The van der Waals surface area contributed by atoms with Gasteiger partial charge in [0.2, 0.25) is 0 Å². The zero-order chi connectivity index (χ0) is 19.1. The highest BCUT2D eigenvalue weighted by Gasteiger charge is 2.13. The number of hydrogen-bond donors (Lipinski definition) is 1. The number of ether oxygens (including phenoxy) is 3. The second-order valence-corrected chi connectivity index (χ2v) is 6.62. The van der Waals surface area contributed by atoms with Crippen LogP contribution in [0.1, 0.15) is 5.56 Å². The van der Waals surface area contributed by atoms with Gasteiger partial charge in [0.05, 0.1) is 13.2 Å². The van der Waals surface area contributed by atoms with E-state index in [4.69, 9.17) is 25.8 Å². The van der Waals surface area contributed by atoms with Crippen LogP contribution in [0.15, 0.2) is 42.5 Å². The van der Waals surface area contributed by atoms with Crippen molar-refractivity contribution in [3.63, 3.8) is 0 Å². The quantitative estimate of drug-likeness (QED) is 0.808. The Labute approximate surface area is 164 Å². The van der Waals surface area contributed by atoms with Crippen LogP contribution < -0.4 is 14.8 Å². The van der Waals surface area contributed by atoms with Crippen LogP contribution in [0.4, 0.5) is 10.5 Å². The van der Waals surface area contributed by atoms with Gasteiger partial charge >= 0.3 is 6.09 Å². The lowest BCUT2D eigenvalue weighted by Gasteiger charge is -2.26. The van der Waals surface area contributed by atoms with Crippen molar-refractivity contribution < 1.29 is 19.0 Å². The second-order valence-electron chi connectivity index (χ2n) is 6.21. The third-order valence-electron chi connectivity index (χ3n) is 4.27. The molecule has 0 bridgehead atoms. The molecule has 0 unspecified atom stereocenters. The van der Waals surface area contributed by atoms with Gasteiger partial charge in [0.25, 0.3) is 0 Å². The Morgan fingerprint density at radius 2 is 1.96 bits per heavy atom. The van der Waals surface area contributed by atoms with Gasteiger partial charge in [-0.2, -0.15) is 0 Å². The van der Waals surface area contributed by atoms with Crippen LogP contribution in [0.25, 0.3) is 0 Å². The minimum absolute atomic E-state index is 0.468. The molecule has 144 valence electrons. The van der Waals surface area contributed by atoms with Crippen molar-refractivity contribution in [1.29, 1.82) is 0 Å². The predicted molar refractivity (Wildman–Crippen MR) is 105 cm³/mol. The largest absolute Gasteiger partial charge is 0.492 e. The maximum Gasteiger partial charge on any atom is 0.417 e. The Kier molecular flexibility index (Phi) is 6.92. The zero-order valence-corrected chi connectivity index (χ0v) is 16.0.